The standard InChI is InChI=1S/C20H33N5O/c1-2-11-23-12-6-18(7-13-23)3-10-22-20(26)25-16-14-24(15-17-25)19-4-8-21-9-5-19/h4-5,8-9,18H,2-3,6-7,10-17H2,1H3,(H,22,26). The fraction of sp³-hybridized carbons (Fsp3) is 0.700. The van der Waals surface area contributed by atoms with Crippen LogP contribution in [0, 0.1) is 5.92 Å². The molecular formula is C20H33N5O. The average molecular weight is 360 g/mol. The Morgan fingerprint density at radius 3 is 2.46 bits per heavy atom. The van der Waals surface area contributed by atoms with Crippen molar-refractivity contribution in [2.75, 3.05) is 57.3 Å². The molecule has 0 saturated carbocycles. The van der Waals surface area contributed by atoms with Crippen LogP contribution >= 0.6 is 0 Å². The summed E-state index contributed by atoms with van der Waals surface area (Å²) in [5.41, 5.74) is 1.19. The summed E-state index contributed by atoms with van der Waals surface area (Å²) in [7, 11) is 0. The number of hydrogen-bond donors (Lipinski definition) is 1. The highest BCUT2D eigenvalue weighted by Gasteiger charge is 2.22. The molecule has 1 N–H and O–H groups in total. The van der Waals surface area contributed by atoms with Gasteiger partial charge in [-0.1, -0.05) is 6.92 Å². The number of nitrogens with one attached hydrogen (secondary N) is 1. The van der Waals surface area contributed by atoms with Crippen molar-refractivity contribution in [2.45, 2.75) is 32.6 Å². The normalized spacial score (nSPS) is 19.6. The summed E-state index contributed by atoms with van der Waals surface area (Å²) >= 11 is 0. The average Bonchev–Trinajstić information content (AvgIpc) is 2.70. The van der Waals surface area contributed by atoms with Crippen molar-refractivity contribution in [3.63, 3.8) is 0 Å². The number of rotatable bonds is 6. The fourth-order valence-electron chi connectivity index (χ4n) is 4.03. The minimum absolute atomic E-state index is 0.0998. The first kappa shape index (κ1) is 19.0. The van der Waals surface area contributed by atoms with Gasteiger partial charge in [-0.15, -0.1) is 0 Å². The van der Waals surface area contributed by atoms with Gasteiger partial charge in [0.2, 0.25) is 0 Å². The van der Waals surface area contributed by atoms with Gasteiger partial charge in [0.1, 0.15) is 0 Å². The highest BCUT2D eigenvalue weighted by molar-refractivity contribution is 5.74. The number of aromatic nitrogens is 1. The van der Waals surface area contributed by atoms with Crippen LogP contribution in [-0.4, -0.2) is 73.2 Å². The van der Waals surface area contributed by atoms with E-state index in [0.717, 1.165) is 45.1 Å². The summed E-state index contributed by atoms with van der Waals surface area (Å²) < 4.78 is 0. The highest BCUT2D eigenvalue weighted by Crippen LogP contribution is 2.20. The van der Waals surface area contributed by atoms with E-state index in [2.05, 4.69) is 27.0 Å². The second-order valence-corrected chi connectivity index (χ2v) is 7.49. The number of carbonyl (C=O) groups is 1. The predicted molar refractivity (Wildman–Crippen MR) is 105 cm³/mol. The van der Waals surface area contributed by atoms with Crippen LogP contribution in [-0.2, 0) is 0 Å². The summed E-state index contributed by atoms with van der Waals surface area (Å²) in [5.74, 6) is 0.770. The molecule has 0 unspecified atom stereocenters. The van der Waals surface area contributed by atoms with Gasteiger partial charge in [0.05, 0.1) is 0 Å². The molecule has 0 spiro atoms. The van der Waals surface area contributed by atoms with Crippen molar-refractivity contribution in [3.8, 4) is 0 Å². The summed E-state index contributed by atoms with van der Waals surface area (Å²) in [6.45, 7) is 10.1. The Balaban J connectivity index is 1.31. The van der Waals surface area contributed by atoms with Crippen molar-refractivity contribution in [1.82, 2.24) is 20.1 Å². The molecule has 0 aromatic carbocycles. The number of nitrogens with zero attached hydrogens (tertiary/aromatic N) is 4. The van der Waals surface area contributed by atoms with Crippen LogP contribution in [0.5, 0.6) is 0 Å². The van der Waals surface area contributed by atoms with Crippen molar-refractivity contribution in [1.29, 1.82) is 0 Å². The van der Waals surface area contributed by atoms with Gasteiger partial charge in [-0.2, -0.15) is 0 Å². The maximum absolute atomic E-state index is 12.4. The van der Waals surface area contributed by atoms with E-state index in [0.29, 0.717) is 0 Å². The number of hydrogen-bond acceptors (Lipinski definition) is 4. The van der Waals surface area contributed by atoms with Gasteiger partial charge in [0.25, 0.3) is 0 Å². The van der Waals surface area contributed by atoms with Gasteiger partial charge in [-0.05, 0) is 63.4 Å². The van der Waals surface area contributed by atoms with E-state index in [1.807, 2.05) is 29.4 Å². The van der Waals surface area contributed by atoms with E-state index in [1.54, 1.807) is 0 Å². The van der Waals surface area contributed by atoms with E-state index in [1.165, 1.54) is 44.6 Å². The van der Waals surface area contributed by atoms with Crippen LogP contribution in [0.2, 0.25) is 0 Å². The lowest BCUT2D eigenvalue weighted by molar-refractivity contribution is 0.175. The van der Waals surface area contributed by atoms with Crippen molar-refractivity contribution in [3.05, 3.63) is 24.5 Å². The lowest BCUT2D eigenvalue weighted by Crippen LogP contribution is -2.52. The number of pyridine rings is 1. The van der Waals surface area contributed by atoms with Crippen LogP contribution < -0.4 is 10.2 Å². The first-order chi connectivity index (χ1) is 12.8. The molecular weight excluding hydrogens is 326 g/mol. The van der Waals surface area contributed by atoms with Crippen LogP contribution in [0.1, 0.15) is 32.6 Å². The monoisotopic (exact) mass is 359 g/mol. The van der Waals surface area contributed by atoms with E-state index < -0.39 is 0 Å². The van der Waals surface area contributed by atoms with Gasteiger partial charge >= 0.3 is 6.03 Å². The number of urea groups is 1. The quantitative estimate of drug-likeness (QED) is 0.848. The summed E-state index contributed by atoms with van der Waals surface area (Å²) in [6.07, 6.45) is 8.56. The third-order valence-electron chi connectivity index (χ3n) is 5.67. The molecule has 2 aliphatic rings. The molecule has 3 rings (SSSR count). The molecule has 0 radical (unpaired) electrons. The second-order valence-electron chi connectivity index (χ2n) is 7.49. The number of anilines is 1. The zero-order valence-corrected chi connectivity index (χ0v) is 16.1. The number of likely N-dealkylation sites (tertiary alicyclic amines) is 1. The third-order valence-corrected chi connectivity index (χ3v) is 5.67. The molecule has 0 bridgehead atoms. The molecule has 2 amide bonds. The first-order valence-corrected chi connectivity index (χ1v) is 10.2. The maximum atomic E-state index is 12.4. The molecule has 6 nitrogen and oxygen atoms in total. The van der Waals surface area contributed by atoms with Gasteiger partial charge in [-0.25, -0.2) is 4.79 Å². The predicted octanol–water partition coefficient (Wildman–Crippen LogP) is 2.43. The molecule has 144 valence electrons. The molecule has 26 heavy (non-hydrogen) atoms. The molecule has 0 atom stereocenters. The first-order valence-electron chi connectivity index (χ1n) is 10.2. The molecule has 6 heteroatoms. The van der Waals surface area contributed by atoms with E-state index >= 15 is 0 Å². The maximum Gasteiger partial charge on any atom is 0.317 e. The van der Waals surface area contributed by atoms with E-state index in [4.69, 9.17) is 0 Å². The van der Waals surface area contributed by atoms with Crippen molar-refractivity contribution < 1.29 is 4.79 Å². The summed E-state index contributed by atoms with van der Waals surface area (Å²) in [6, 6.07) is 4.16. The van der Waals surface area contributed by atoms with Gasteiger partial charge in [0, 0.05) is 50.8 Å². The Labute approximate surface area is 157 Å². The number of piperazine rings is 1. The van der Waals surface area contributed by atoms with Crippen LogP contribution in [0.15, 0.2) is 24.5 Å². The van der Waals surface area contributed by atoms with Gasteiger partial charge in [-0.3, -0.25) is 4.98 Å². The van der Waals surface area contributed by atoms with Crippen LogP contribution in [0.4, 0.5) is 10.5 Å². The van der Waals surface area contributed by atoms with Crippen LogP contribution in [0.25, 0.3) is 0 Å². The third kappa shape index (κ3) is 5.34. The minimum atomic E-state index is 0.0998. The Kier molecular flexibility index (Phi) is 7.12. The molecule has 3 heterocycles. The van der Waals surface area contributed by atoms with Gasteiger partial charge in [0.15, 0.2) is 0 Å². The van der Waals surface area contributed by atoms with Crippen LogP contribution in [0.3, 0.4) is 0 Å². The molecule has 1 aromatic rings. The zero-order chi connectivity index (χ0) is 18.2. The summed E-state index contributed by atoms with van der Waals surface area (Å²) in [4.78, 5) is 23.3. The van der Waals surface area contributed by atoms with E-state index in [-0.39, 0.29) is 6.03 Å². The van der Waals surface area contributed by atoms with Crippen molar-refractivity contribution in [2.24, 2.45) is 5.92 Å². The van der Waals surface area contributed by atoms with Gasteiger partial charge < -0.3 is 20.0 Å². The van der Waals surface area contributed by atoms with Crippen molar-refractivity contribution >= 4 is 11.7 Å². The molecule has 2 fully saturated rings. The lowest BCUT2D eigenvalue weighted by Gasteiger charge is -2.36. The lowest BCUT2D eigenvalue weighted by atomic mass is 9.93. The Bertz CT molecular complexity index is 536. The topological polar surface area (TPSA) is 51.7 Å². The Morgan fingerprint density at radius 2 is 1.81 bits per heavy atom. The second kappa shape index (κ2) is 9.76. The largest absolute Gasteiger partial charge is 0.368 e. The number of carbonyl (C=O) groups excluding carboxylic acids is 1. The SMILES string of the molecule is CCCN1CCC(CCNC(=O)N2CCN(c3ccncc3)CC2)CC1. The molecule has 2 saturated heterocycles. The van der Waals surface area contributed by atoms with E-state index in [9.17, 15) is 4.79 Å². The molecule has 2 aliphatic heterocycles. The summed E-state index contributed by atoms with van der Waals surface area (Å²) in [5, 5.41) is 3.14. The Morgan fingerprint density at radius 1 is 1.12 bits per heavy atom. The number of piperidine rings is 1. The minimum Gasteiger partial charge on any atom is -0.368 e. The molecule has 1 aromatic heterocycles. The highest BCUT2D eigenvalue weighted by atomic mass is 16.2. The fourth-order valence-corrected chi connectivity index (χ4v) is 4.03. The molecule has 0 aliphatic carbocycles. The smallest absolute Gasteiger partial charge is 0.317 e. The zero-order valence-electron chi connectivity index (χ0n) is 16.1. The Hall–Kier alpha value is -1.82. The number of amides is 2.